The molecule has 0 saturated heterocycles. The van der Waals surface area contributed by atoms with Crippen LogP contribution in [0.2, 0.25) is 0 Å². The molecule has 3 rings (SSSR count). The van der Waals surface area contributed by atoms with Crippen molar-refractivity contribution >= 4 is 17.4 Å². The first-order chi connectivity index (χ1) is 10.9. The Balaban J connectivity index is 1.97. The fourth-order valence-corrected chi connectivity index (χ4v) is 1.86. The molecule has 0 aliphatic rings. The molecule has 0 aliphatic heterocycles. The highest BCUT2D eigenvalue weighted by Gasteiger charge is 2.29. The second-order valence-corrected chi connectivity index (χ2v) is 4.37. The lowest BCUT2D eigenvalue weighted by molar-refractivity contribution is -0.330. The summed E-state index contributed by atoms with van der Waals surface area (Å²) in [5.41, 5.74) is 0.375. The molecule has 2 N–H and O–H groups in total. The molecule has 0 radical (unpaired) electrons. The van der Waals surface area contributed by atoms with Crippen LogP contribution in [0, 0.1) is 11.3 Å². The molecule has 3 aromatic heterocycles. The van der Waals surface area contributed by atoms with E-state index in [4.69, 9.17) is 5.26 Å². The molecule has 0 amide bonds. The molecule has 0 fully saturated rings. The molecular weight excluding hydrogens is 315 g/mol. The molecule has 0 unspecified atom stereocenters. The van der Waals surface area contributed by atoms with Gasteiger partial charge in [0.05, 0.1) is 18.5 Å². The quantitative estimate of drug-likeness (QED) is 0.762. The summed E-state index contributed by atoms with van der Waals surface area (Å²) >= 11 is 0. The van der Waals surface area contributed by atoms with Crippen LogP contribution in [0.25, 0.3) is 5.65 Å². The minimum atomic E-state index is -4.75. The molecule has 0 spiro atoms. The van der Waals surface area contributed by atoms with E-state index in [1.807, 2.05) is 6.07 Å². The predicted molar refractivity (Wildman–Crippen MR) is 70.4 cm³/mol. The third kappa shape index (κ3) is 3.38. The van der Waals surface area contributed by atoms with Gasteiger partial charge in [0.15, 0.2) is 0 Å². The number of aromatic nitrogens is 5. The molecule has 8 nitrogen and oxygen atoms in total. The normalized spacial score (nSPS) is 11.6. The average Bonchev–Trinajstić information content (AvgIpc) is 3.13. The van der Waals surface area contributed by atoms with Crippen LogP contribution in [0.3, 0.4) is 0 Å². The van der Waals surface area contributed by atoms with Crippen molar-refractivity contribution in [1.29, 1.82) is 5.26 Å². The zero-order valence-corrected chi connectivity index (χ0v) is 11.3. The van der Waals surface area contributed by atoms with Gasteiger partial charge in [-0.2, -0.15) is 10.4 Å². The lowest BCUT2D eigenvalue weighted by Gasteiger charge is -2.06. The van der Waals surface area contributed by atoms with Crippen molar-refractivity contribution in [3.05, 3.63) is 35.9 Å². The van der Waals surface area contributed by atoms with Crippen molar-refractivity contribution in [1.82, 2.24) is 24.6 Å². The molecule has 0 saturated carbocycles. The van der Waals surface area contributed by atoms with Gasteiger partial charge in [-0.25, -0.2) is 9.97 Å². The van der Waals surface area contributed by atoms with Crippen molar-refractivity contribution in [2.75, 3.05) is 5.32 Å². The Hall–Kier alpha value is -3.13. The third-order valence-corrected chi connectivity index (χ3v) is 2.75. The van der Waals surface area contributed by atoms with E-state index in [-0.39, 0.29) is 23.0 Å². The summed E-state index contributed by atoms with van der Waals surface area (Å²) in [4.78, 5) is 8.05. The van der Waals surface area contributed by atoms with Crippen LogP contribution in [0.4, 0.5) is 24.9 Å². The number of rotatable bonds is 4. The van der Waals surface area contributed by atoms with Crippen molar-refractivity contribution in [2.45, 2.75) is 13.0 Å². The lowest BCUT2D eigenvalue weighted by Crippen LogP contribution is -2.12. The van der Waals surface area contributed by atoms with Crippen LogP contribution < -0.4 is 5.32 Å². The van der Waals surface area contributed by atoms with E-state index in [9.17, 15) is 13.2 Å². The maximum absolute atomic E-state index is 12.1. The van der Waals surface area contributed by atoms with Crippen molar-refractivity contribution in [3.63, 3.8) is 0 Å². The van der Waals surface area contributed by atoms with Crippen LogP contribution in [-0.2, 0) is 11.3 Å². The summed E-state index contributed by atoms with van der Waals surface area (Å²) in [5.74, 6) is 0.699. The number of nitrogens with one attached hydrogen (secondary N) is 2. The number of ether oxygens (including phenoxy) is 1. The van der Waals surface area contributed by atoms with Crippen LogP contribution >= 0.6 is 0 Å². The number of alkyl halides is 3. The summed E-state index contributed by atoms with van der Waals surface area (Å²) < 4.78 is 41.5. The lowest BCUT2D eigenvalue weighted by atomic mass is 10.4. The first-order valence-corrected chi connectivity index (χ1v) is 6.21. The van der Waals surface area contributed by atoms with Gasteiger partial charge in [-0.05, 0) is 0 Å². The number of aromatic amines is 1. The Labute approximate surface area is 126 Å². The predicted octanol–water partition coefficient (Wildman–Crippen LogP) is 2.10. The number of hydrogen-bond donors (Lipinski definition) is 2. The first kappa shape index (κ1) is 14.8. The fraction of sp³-hybridized carbons (Fsp3) is 0.167. The summed E-state index contributed by atoms with van der Waals surface area (Å²) in [6.07, 6.45) is -1.90. The van der Waals surface area contributed by atoms with E-state index in [2.05, 4.69) is 30.2 Å². The minimum Gasteiger partial charge on any atom is -0.310 e. The maximum atomic E-state index is 12.1. The number of imidazole rings is 1. The molecule has 23 heavy (non-hydrogen) atoms. The highest BCUT2D eigenvalue weighted by atomic mass is 19.4. The highest BCUT2D eigenvalue weighted by molar-refractivity contribution is 5.56. The van der Waals surface area contributed by atoms with Gasteiger partial charge in [0, 0.05) is 18.3 Å². The summed E-state index contributed by atoms with van der Waals surface area (Å²) in [6, 6.07) is 4.84. The van der Waals surface area contributed by atoms with E-state index in [0.717, 1.165) is 0 Å². The second-order valence-electron chi connectivity index (χ2n) is 4.37. The standard InChI is InChI=1S/C12H8F3N7O/c13-12(14,15)23-6-8-5-22-10(18-8)3-7(4-16)19-11(22)20-9-1-2-17-21-9/h1-3,5H,6H2,(H2,17,19,20,21). The molecular formula is C12H8F3N7O. The Morgan fingerprint density at radius 2 is 2.22 bits per heavy atom. The van der Waals surface area contributed by atoms with Gasteiger partial charge >= 0.3 is 6.36 Å². The summed E-state index contributed by atoms with van der Waals surface area (Å²) in [5, 5.41) is 18.3. The average molecular weight is 323 g/mol. The minimum absolute atomic E-state index is 0.0480. The smallest absolute Gasteiger partial charge is 0.310 e. The third-order valence-electron chi connectivity index (χ3n) is 2.75. The van der Waals surface area contributed by atoms with Gasteiger partial charge in [-0.15, -0.1) is 13.2 Å². The van der Waals surface area contributed by atoms with Gasteiger partial charge in [-0.1, -0.05) is 0 Å². The molecule has 118 valence electrons. The van der Waals surface area contributed by atoms with Crippen LogP contribution in [0.15, 0.2) is 24.5 Å². The zero-order chi connectivity index (χ0) is 16.4. The molecule has 0 atom stereocenters. The van der Waals surface area contributed by atoms with Crippen LogP contribution in [0.1, 0.15) is 11.4 Å². The number of anilines is 2. The van der Waals surface area contributed by atoms with Crippen LogP contribution in [-0.4, -0.2) is 30.9 Å². The van der Waals surface area contributed by atoms with E-state index in [0.29, 0.717) is 5.82 Å². The van der Waals surface area contributed by atoms with Crippen molar-refractivity contribution < 1.29 is 17.9 Å². The van der Waals surface area contributed by atoms with Gasteiger partial charge in [0.25, 0.3) is 0 Å². The van der Waals surface area contributed by atoms with E-state index in [1.54, 1.807) is 6.07 Å². The highest BCUT2D eigenvalue weighted by Crippen LogP contribution is 2.20. The topological polar surface area (TPSA) is 104 Å². The number of hydrogen-bond acceptors (Lipinski definition) is 6. The number of nitrogens with zero attached hydrogens (tertiary/aromatic N) is 5. The largest absolute Gasteiger partial charge is 0.522 e. The molecule has 3 heterocycles. The number of fused-ring (bicyclic) bond motifs is 1. The number of nitriles is 1. The molecule has 3 aromatic rings. The summed E-state index contributed by atoms with van der Waals surface area (Å²) in [7, 11) is 0. The van der Waals surface area contributed by atoms with Crippen LogP contribution in [0.5, 0.6) is 0 Å². The Kier molecular flexibility index (Phi) is 3.59. The molecule has 0 aliphatic carbocycles. The molecule has 0 aromatic carbocycles. The maximum Gasteiger partial charge on any atom is 0.522 e. The molecule has 11 heteroatoms. The number of halogens is 3. The van der Waals surface area contributed by atoms with E-state index in [1.165, 1.54) is 22.9 Å². The zero-order valence-electron chi connectivity index (χ0n) is 11.3. The van der Waals surface area contributed by atoms with Gasteiger partial charge < -0.3 is 5.32 Å². The van der Waals surface area contributed by atoms with Gasteiger partial charge in [0.1, 0.15) is 23.2 Å². The van der Waals surface area contributed by atoms with E-state index < -0.39 is 13.0 Å². The summed E-state index contributed by atoms with van der Waals surface area (Å²) in [6.45, 7) is -0.740. The van der Waals surface area contributed by atoms with E-state index >= 15 is 0 Å². The second kappa shape index (κ2) is 5.58. The van der Waals surface area contributed by atoms with Crippen molar-refractivity contribution in [3.8, 4) is 6.07 Å². The first-order valence-electron chi connectivity index (χ1n) is 6.21. The van der Waals surface area contributed by atoms with Gasteiger partial charge in [0.2, 0.25) is 5.95 Å². The van der Waals surface area contributed by atoms with Gasteiger partial charge in [-0.3, -0.25) is 14.2 Å². The van der Waals surface area contributed by atoms with Crippen molar-refractivity contribution in [2.24, 2.45) is 0 Å². The molecule has 0 bridgehead atoms. The Morgan fingerprint density at radius 3 is 2.87 bits per heavy atom. The number of H-pyrrole nitrogens is 1. The monoisotopic (exact) mass is 323 g/mol. The Morgan fingerprint density at radius 1 is 1.39 bits per heavy atom. The Bertz CT molecular complexity index is 863. The fourth-order valence-electron chi connectivity index (χ4n) is 1.86. The SMILES string of the molecule is N#Cc1cc2nc(COC(F)(F)F)cn2c(Nc2ccn[nH]2)n1.